The Morgan fingerprint density at radius 1 is 1.12 bits per heavy atom. The fourth-order valence-corrected chi connectivity index (χ4v) is 4.22. The lowest BCUT2D eigenvalue weighted by Gasteiger charge is -2.12. The summed E-state index contributed by atoms with van der Waals surface area (Å²) in [6, 6.07) is 15.0. The number of Topliss-reactive ketones (excluding diaryl/α,β-unsaturated/α-hetero) is 1. The second kappa shape index (κ2) is 8.95. The van der Waals surface area contributed by atoms with Crippen molar-refractivity contribution in [3.05, 3.63) is 66.7 Å². The van der Waals surface area contributed by atoms with Crippen molar-refractivity contribution in [2.24, 2.45) is 12.8 Å². The van der Waals surface area contributed by atoms with Gasteiger partial charge in [-0.05, 0) is 18.2 Å². The lowest BCUT2D eigenvalue weighted by atomic mass is 10.1. The van der Waals surface area contributed by atoms with Crippen LogP contribution in [0.2, 0.25) is 0 Å². The van der Waals surface area contributed by atoms with Crippen LogP contribution in [0.15, 0.2) is 65.5 Å². The predicted molar refractivity (Wildman–Crippen MR) is 129 cm³/mol. The van der Waals surface area contributed by atoms with Crippen LogP contribution in [0.4, 0.5) is 5.69 Å². The molecule has 3 aromatic heterocycles. The summed E-state index contributed by atoms with van der Waals surface area (Å²) in [4.78, 5) is 31.7. The number of carbonyl (C=O) groups excluding carboxylic acids is 2. The number of rotatable bonds is 8. The maximum absolute atomic E-state index is 12.6. The number of imidazole rings is 1. The molecule has 5 N–H and O–H groups in total. The van der Waals surface area contributed by atoms with E-state index in [9.17, 15) is 9.59 Å². The number of hydrogen-bond acceptors (Lipinski definition) is 6. The summed E-state index contributed by atoms with van der Waals surface area (Å²) in [5.74, 6) is -0.566. The van der Waals surface area contributed by atoms with E-state index in [0.717, 1.165) is 38.8 Å². The third-order valence-electron chi connectivity index (χ3n) is 5.92. The number of ketones is 1. The summed E-state index contributed by atoms with van der Waals surface area (Å²) < 4.78 is 8.30. The van der Waals surface area contributed by atoms with Crippen molar-refractivity contribution in [1.82, 2.24) is 15.3 Å². The highest BCUT2D eigenvalue weighted by Crippen LogP contribution is 2.35. The molecule has 0 bridgehead atoms. The molecule has 9 nitrogen and oxygen atoms in total. The molecule has 1 atom stereocenters. The van der Waals surface area contributed by atoms with E-state index in [1.54, 1.807) is 6.20 Å². The molecule has 5 rings (SSSR count). The van der Waals surface area contributed by atoms with Crippen LogP contribution < -0.4 is 20.9 Å². The highest BCUT2D eigenvalue weighted by atomic mass is 16.3. The van der Waals surface area contributed by atoms with Gasteiger partial charge in [-0.15, -0.1) is 0 Å². The zero-order valence-corrected chi connectivity index (χ0v) is 18.7. The van der Waals surface area contributed by atoms with Crippen molar-refractivity contribution in [3.63, 3.8) is 0 Å². The number of carbonyl (C=O) groups is 2. The summed E-state index contributed by atoms with van der Waals surface area (Å²) in [5.41, 5.74) is 10.8. The van der Waals surface area contributed by atoms with Gasteiger partial charge >= 0.3 is 0 Å². The Bertz CT molecular complexity index is 1510. The Morgan fingerprint density at radius 2 is 1.88 bits per heavy atom. The third kappa shape index (κ3) is 3.97. The number of anilines is 1. The number of benzene rings is 2. The van der Waals surface area contributed by atoms with Crippen molar-refractivity contribution < 1.29 is 18.6 Å². The number of hydrogen-bond donors (Lipinski definition) is 4. The highest BCUT2D eigenvalue weighted by molar-refractivity contribution is 6.11. The van der Waals surface area contributed by atoms with Gasteiger partial charge in [0.15, 0.2) is 5.78 Å². The van der Waals surface area contributed by atoms with Gasteiger partial charge in [0, 0.05) is 24.4 Å². The normalized spacial score (nSPS) is 12.3. The zero-order chi connectivity index (χ0) is 23.7. The number of nitrogens with zero attached hydrogens (tertiary/aromatic N) is 2. The molecule has 0 saturated heterocycles. The van der Waals surface area contributed by atoms with Crippen LogP contribution in [0.3, 0.4) is 0 Å². The number of para-hydroxylation sites is 2. The van der Waals surface area contributed by atoms with E-state index in [2.05, 4.69) is 25.2 Å². The SMILES string of the molecule is C[n+]1c2ccccc2c(NCC(=O)CNC(=O)[C@@H](N)Cc2cnc[nH]2)c2oc3ccccc3c21. The first-order valence-electron chi connectivity index (χ1n) is 11.0. The molecule has 34 heavy (non-hydrogen) atoms. The molecule has 3 heterocycles. The number of nitrogens with one attached hydrogen (secondary N) is 3. The largest absolute Gasteiger partial charge is 0.447 e. The second-order valence-electron chi connectivity index (χ2n) is 8.22. The molecule has 0 aliphatic carbocycles. The quantitative estimate of drug-likeness (QED) is 0.264. The average Bonchev–Trinajstić information content (AvgIpc) is 3.50. The van der Waals surface area contributed by atoms with Crippen molar-refractivity contribution in [2.75, 3.05) is 18.4 Å². The molecule has 5 aromatic rings. The Hall–Kier alpha value is -4.24. The number of aromatic amines is 1. The first-order chi connectivity index (χ1) is 16.5. The maximum Gasteiger partial charge on any atom is 0.261 e. The topological polar surface area (TPSA) is 130 Å². The molecular formula is C25H25N6O3+. The van der Waals surface area contributed by atoms with E-state index >= 15 is 0 Å². The standard InChI is InChI=1S/C25H24N6O3/c1-31-20-8-4-2-6-17(20)22(24-23(31)18-7-3-5-9-21(18)34-24)28-12-16(32)13-29-25(33)19(26)10-15-11-27-14-30-15/h2-9,11,14,19H,10,12-13,26H2,1H3,(H2,27,29,30,33)/p+1/t19-/m0/s1. The Balaban J connectivity index is 1.35. The molecule has 0 spiro atoms. The lowest BCUT2D eigenvalue weighted by molar-refractivity contribution is -0.616. The lowest BCUT2D eigenvalue weighted by Crippen LogP contribution is -2.44. The minimum absolute atomic E-state index is 0.0277. The van der Waals surface area contributed by atoms with E-state index < -0.39 is 6.04 Å². The summed E-state index contributed by atoms with van der Waals surface area (Å²) in [5, 5.41) is 7.81. The van der Waals surface area contributed by atoms with Crippen molar-refractivity contribution in [2.45, 2.75) is 12.5 Å². The number of fused-ring (bicyclic) bond motifs is 4. The number of amides is 1. The number of pyridine rings is 1. The van der Waals surface area contributed by atoms with Crippen LogP contribution in [-0.2, 0) is 23.1 Å². The maximum atomic E-state index is 12.6. The first-order valence-corrected chi connectivity index (χ1v) is 11.0. The minimum Gasteiger partial charge on any atom is -0.447 e. The van der Waals surface area contributed by atoms with Crippen LogP contribution in [0.5, 0.6) is 0 Å². The molecule has 9 heteroatoms. The van der Waals surface area contributed by atoms with Crippen LogP contribution in [-0.4, -0.2) is 40.8 Å². The molecule has 0 aliphatic heterocycles. The van der Waals surface area contributed by atoms with Gasteiger partial charge in [-0.1, -0.05) is 24.3 Å². The summed E-state index contributed by atoms with van der Waals surface area (Å²) in [7, 11) is 2.00. The van der Waals surface area contributed by atoms with E-state index in [1.807, 2.05) is 55.6 Å². The van der Waals surface area contributed by atoms with Crippen LogP contribution in [0.1, 0.15) is 5.69 Å². The second-order valence-corrected chi connectivity index (χ2v) is 8.22. The van der Waals surface area contributed by atoms with Gasteiger partial charge in [0.2, 0.25) is 17.0 Å². The fraction of sp³-hybridized carbons (Fsp3) is 0.200. The molecule has 0 aliphatic rings. The number of nitrogens with two attached hydrogens (primary N) is 1. The van der Waals surface area contributed by atoms with E-state index in [1.165, 1.54) is 6.33 Å². The van der Waals surface area contributed by atoms with Crippen LogP contribution in [0.25, 0.3) is 33.0 Å². The van der Waals surface area contributed by atoms with Gasteiger partial charge in [-0.3, -0.25) is 9.59 Å². The van der Waals surface area contributed by atoms with Crippen molar-refractivity contribution >= 4 is 50.3 Å². The fourth-order valence-electron chi connectivity index (χ4n) is 4.22. The molecule has 0 unspecified atom stereocenters. The number of aryl methyl sites for hydroxylation is 1. The van der Waals surface area contributed by atoms with E-state index in [0.29, 0.717) is 12.0 Å². The summed E-state index contributed by atoms with van der Waals surface area (Å²) >= 11 is 0. The molecule has 0 radical (unpaired) electrons. The Labute approximate surface area is 195 Å². The number of H-pyrrole nitrogens is 1. The van der Waals surface area contributed by atoms with E-state index in [4.69, 9.17) is 10.2 Å². The van der Waals surface area contributed by atoms with Gasteiger partial charge < -0.3 is 25.8 Å². The first kappa shape index (κ1) is 21.6. The Kier molecular flexibility index (Phi) is 5.69. The molecular weight excluding hydrogens is 432 g/mol. The molecule has 0 saturated carbocycles. The summed E-state index contributed by atoms with van der Waals surface area (Å²) in [6.45, 7) is -0.0930. The smallest absolute Gasteiger partial charge is 0.261 e. The molecule has 172 valence electrons. The van der Waals surface area contributed by atoms with Gasteiger partial charge in [0.1, 0.15) is 12.6 Å². The van der Waals surface area contributed by atoms with Crippen molar-refractivity contribution in [3.8, 4) is 0 Å². The molecule has 2 aromatic carbocycles. The van der Waals surface area contributed by atoms with Gasteiger partial charge in [-0.25, -0.2) is 4.98 Å². The third-order valence-corrected chi connectivity index (χ3v) is 5.92. The van der Waals surface area contributed by atoms with Crippen LogP contribution >= 0.6 is 0 Å². The van der Waals surface area contributed by atoms with Gasteiger partial charge in [0.05, 0.1) is 41.9 Å². The average molecular weight is 458 g/mol. The monoisotopic (exact) mass is 457 g/mol. The van der Waals surface area contributed by atoms with Gasteiger partial charge in [-0.2, -0.15) is 4.57 Å². The predicted octanol–water partition coefficient (Wildman–Crippen LogP) is 1.95. The van der Waals surface area contributed by atoms with Crippen LogP contribution in [0, 0.1) is 0 Å². The Morgan fingerprint density at radius 3 is 2.68 bits per heavy atom. The summed E-state index contributed by atoms with van der Waals surface area (Å²) in [6.07, 6.45) is 3.46. The molecule has 1 amide bonds. The number of aromatic nitrogens is 3. The minimum atomic E-state index is -0.769. The number of furan rings is 1. The zero-order valence-electron chi connectivity index (χ0n) is 18.7. The van der Waals surface area contributed by atoms with Gasteiger partial charge in [0.25, 0.3) is 5.52 Å². The molecule has 0 fully saturated rings. The van der Waals surface area contributed by atoms with Crippen molar-refractivity contribution in [1.29, 1.82) is 0 Å². The highest BCUT2D eigenvalue weighted by Gasteiger charge is 2.24. The van der Waals surface area contributed by atoms with E-state index in [-0.39, 0.29) is 24.8 Å².